The summed E-state index contributed by atoms with van der Waals surface area (Å²) in [5.41, 5.74) is 7.77. The van der Waals surface area contributed by atoms with E-state index in [1.54, 1.807) is 25.1 Å². The fourth-order valence-electron chi connectivity index (χ4n) is 2.05. The van der Waals surface area contributed by atoms with Crippen molar-refractivity contribution in [1.29, 1.82) is 0 Å². The maximum Gasteiger partial charge on any atom is 0.147 e. The molecule has 98 valence electrons. The molecule has 0 saturated carbocycles. The number of fused-ring (bicyclic) bond motifs is 1. The van der Waals surface area contributed by atoms with Gasteiger partial charge in [-0.05, 0) is 37.3 Å². The van der Waals surface area contributed by atoms with E-state index in [9.17, 15) is 0 Å². The van der Waals surface area contributed by atoms with Crippen molar-refractivity contribution >= 4 is 22.7 Å². The summed E-state index contributed by atoms with van der Waals surface area (Å²) in [4.78, 5) is 1.15. The van der Waals surface area contributed by atoms with E-state index in [0.717, 1.165) is 45.8 Å². The second-order valence-corrected chi connectivity index (χ2v) is 5.24. The number of ether oxygens (including phenoxy) is 1. The average molecular weight is 265 g/mol. The molecule has 1 heterocycles. The fourth-order valence-corrected chi connectivity index (χ4v) is 2.95. The molecule has 3 nitrogen and oxygen atoms in total. The summed E-state index contributed by atoms with van der Waals surface area (Å²) in [6, 6.07) is 4.07. The molecule has 2 aromatic rings. The Balaban J connectivity index is 2.53. The summed E-state index contributed by atoms with van der Waals surface area (Å²) in [6.07, 6.45) is 3.68. The Morgan fingerprint density at radius 1 is 1.44 bits per heavy atom. The molecule has 0 unspecified atom stereocenters. The minimum absolute atomic E-state index is 0.609. The van der Waals surface area contributed by atoms with E-state index < -0.39 is 0 Å². The Hall–Kier alpha value is -1.13. The van der Waals surface area contributed by atoms with E-state index in [0.29, 0.717) is 6.54 Å². The van der Waals surface area contributed by atoms with Crippen LogP contribution in [0.5, 0.6) is 5.75 Å². The minimum atomic E-state index is 0.609. The highest BCUT2D eigenvalue weighted by Gasteiger charge is 2.14. The van der Waals surface area contributed by atoms with Crippen LogP contribution in [0.3, 0.4) is 0 Å². The normalized spacial score (nSPS) is 11.1. The first-order valence-electron chi connectivity index (χ1n) is 6.21. The van der Waals surface area contributed by atoms with Gasteiger partial charge in [-0.25, -0.2) is 0 Å². The van der Waals surface area contributed by atoms with Crippen LogP contribution in [0, 0.1) is 0 Å². The molecule has 0 bridgehead atoms. The summed E-state index contributed by atoms with van der Waals surface area (Å²) in [5, 5.41) is 1.12. The third-order valence-electron chi connectivity index (χ3n) is 2.85. The standard InChI is InChI=1S/C14H19NO2S/c1-3-8-18-13-9-12(16-2)10(4-6-15)11-5-7-17-14(11)13/h5,7,9H,3-4,6,8,15H2,1-2H3. The monoisotopic (exact) mass is 265 g/mol. The Labute approximate surface area is 112 Å². The van der Waals surface area contributed by atoms with Crippen LogP contribution in [-0.2, 0) is 6.42 Å². The van der Waals surface area contributed by atoms with Crippen LogP contribution in [0.4, 0.5) is 0 Å². The Morgan fingerprint density at radius 3 is 2.94 bits per heavy atom. The van der Waals surface area contributed by atoms with Gasteiger partial charge in [-0.3, -0.25) is 0 Å². The van der Waals surface area contributed by atoms with Crippen molar-refractivity contribution in [3.05, 3.63) is 24.0 Å². The van der Waals surface area contributed by atoms with Crippen LogP contribution in [0.15, 0.2) is 27.7 Å². The van der Waals surface area contributed by atoms with Gasteiger partial charge in [-0.1, -0.05) is 6.92 Å². The molecule has 2 N–H and O–H groups in total. The lowest BCUT2D eigenvalue weighted by Crippen LogP contribution is -2.05. The highest BCUT2D eigenvalue weighted by Crippen LogP contribution is 2.37. The number of thioether (sulfide) groups is 1. The first kappa shape index (κ1) is 13.3. The fraction of sp³-hybridized carbons (Fsp3) is 0.429. The zero-order valence-corrected chi connectivity index (χ0v) is 11.7. The van der Waals surface area contributed by atoms with Gasteiger partial charge in [-0.15, -0.1) is 11.8 Å². The third-order valence-corrected chi connectivity index (χ3v) is 4.08. The van der Waals surface area contributed by atoms with Crippen LogP contribution in [-0.4, -0.2) is 19.4 Å². The van der Waals surface area contributed by atoms with Crippen molar-refractivity contribution in [3.8, 4) is 5.75 Å². The van der Waals surface area contributed by atoms with Gasteiger partial charge in [0.2, 0.25) is 0 Å². The van der Waals surface area contributed by atoms with E-state index in [4.69, 9.17) is 14.9 Å². The topological polar surface area (TPSA) is 48.4 Å². The summed E-state index contributed by atoms with van der Waals surface area (Å²) in [6.45, 7) is 2.78. The van der Waals surface area contributed by atoms with Gasteiger partial charge in [0.25, 0.3) is 0 Å². The lowest BCUT2D eigenvalue weighted by Gasteiger charge is -2.11. The third kappa shape index (κ3) is 2.49. The van der Waals surface area contributed by atoms with E-state index >= 15 is 0 Å². The predicted molar refractivity (Wildman–Crippen MR) is 76.5 cm³/mol. The first-order chi connectivity index (χ1) is 8.81. The van der Waals surface area contributed by atoms with Crippen LogP contribution >= 0.6 is 11.8 Å². The van der Waals surface area contributed by atoms with Gasteiger partial charge in [0.05, 0.1) is 18.3 Å². The molecule has 4 heteroatoms. The van der Waals surface area contributed by atoms with E-state index in [1.807, 2.05) is 6.07 Å². The van der Waals surface area contributed by atoms with E-state index in [-0.39, 0.29) is 0 Å². The number of rotatable bonds is 6. The van der Waals surface area contributed by atoms with Crippen molar-refractivity contribution < 1.29 is 9.15 Å². The van der Waals surface area contributed by atoms with Crippen molar-refractivity contribution in [1.82, 2.24) is 0 Å². The van der Waals surface area contributed by atoms with Gasteiger partial charge in [0.1, 0.15) is 11.3 Å². The molecule has 0 radical (unpaired) electrons. The number of hydrogen-bond donors (Lipinski definition) is 1. The smallest absolute Gasteiger partial charge is 0.147 e. The lowest BCUT2D eigenvalue weighted by molar-refractivity contribution is 0.409. The molecule has 0 aliphatic rings. The van der Waals surface area contributed by atoms with Gasteiger partial charge in [-0.2, -0.15) is 0 Å². The lowest BCUT2D eigenvalue weighted by atomic mass is 10.1. The Morgan fingerprint density at radius 2 is 2.28 bits per heavy atom. The van der Waals surface area contributed by atoms with Crippen molar-refractivity contribution in [3.63, 3.8) is 0 Å². The summed E-state index contributed by atoms with van der Waals surface area (Å²) in [5.74, 6) is 1.99. The maximum absolute atomic E-state index is 5.67. The zero-order valence-electron chi connectivity index (χ0n) is 10.9. The minimum Gasteiger partial charge on any atom is -0.496 e. The number of nitrogens with two attached hydrogens (primary N) is 1. The molecule has 18 heavy (non-hydrogen) atoms. The molecule has 0 saturated heterocycles. The second-order valence-electron chi connectivity index (χ2n) is 4.11. The van der Waals surface area contributed by atoms with Crippen molar-refractivity contribution in [2.75, 3.05) is 19.4 Å². The average Bonchev–Trinajstić information content (AvgIpc) is 2.87. The van der Waals surface area contributed by atoms with E-state index in [1.165, 1.54) is 0 Å². The van der Waals surface area contributed by atoms with Gasteiger partial charge >= 0.3 is 0 Å². The molecule has 1 aromatic carbocycles. The highest BCUT2D eigenvalue weighted by atomic mass is 32.2. The summed E-state index contributed by atoms with van der Waals surface area (Å²) in [7, 11) is 1.70. The largest absolute Gasteiger partial charge is 0.496 e. The molecule has 0 aliphatic carbocycles. The van der Waals surface area contributed by atoms with Gasteiger partial charge in [0, 0.05) is 10.9 Å². The molecular formula is C14H19NO2S. The zero-order chi connectivity index (χ0) is 13.0. The predicted octanol–water partition coefficient (Wildman–Crippen LogP) is 3.44. The molecule has 0 atom stereocenters. The number of methoxy groups -OCH3 is 1. The van der Waals surface area contributed by atoms with Crippen LogP contribution in [0.25, 0.3) is 11.0 Å². The van der Waals surface area contributed by atoms with Crippen LogP contribution in [0.2, 0.25) is 0 Å². The molecule has 2 rings (SSSR count). The number of furan rings is 1. The molecule has 1 aromatic heterocycles. The quantitative estimate of drug-likeness (QED) is 0.813. The summed E-state index contributed by atoms with van der Waals surface area (Å²) >= 11 is 1.81. The number of benzene rings is 1. The Bertz CT molecular complexity index is 522. The first-order valence-corrected chi connectivity index (χ1v) is 7.20. The van der Waals surface area contributed by atoms with Crippen molar-refractivity contribution in [2.24, 2.45) is 5.73 Å². The van der Waals surface area contributed by atoms with Crippen LogP contribution in [0.1, 0.15) is 18.9 Å². The van der Waals surface area contributed by atoms with Crippen molar-refractivity contribution in [2.45, 2.75) is 24.7 Å². The summed E-state index contributed by atoms with van der Waals surface area (Å²) < 4.78 is 11.1. The SMILES string of the molecule is CCCSc1cc(OC)c(CCN)c2ccoc12. The molecule has 0 spiro atoms. The second kappa shape index (κ2) is 6.16. The highest BCUT2D eigenvalue weighted by molar-refractivity contribution is 7.99. The Kier molecular flexibility index (Phi) is 4.55. The molecular weight excluding hydrogens is 246 g/mol. The molecule has 0 amide bonds. The van der Waals surface area contributed by atoms with Crippen LogP contribution < -0.4 is 10.5 Å². The van der Waals surface area contributed by atoms with E-state index in [2.05, 4.69) is 13.0 Å². The number of hydrogen-bond acceptors (Lipinski definition) is 4. The molecule has 0 fully saturated rings. The maximum atomic E-state index is 5.67. The molecule has 0 aliphatic heterocycles. The van der Waals surface area contributed by atoms with Gasteiger partial charge < -0.3 is 14.9 Å². The van der Waals surface area contributed by atoms with Gasteiger partial charge in [0.15, 0.2) is 0 Å².